The smallest absolute Gasteiger partial charge is 0.276 e. The van der Waals surface area contributed by atoms with E-state index in [0.717, 1.165) is 24.8 Å². The lowest BCUT2D eigenvalue weighted by atomic mass is 9.84. The summed E-state index contributed by atoms with van der Waals surface area (Å²) in [4.78, 5) is 27.2. The molecule has 4 rings (SSSR count). The Morgan fingerprint density at radius 3 is 2.61 bits per heavy atom. The van der Waals surface area contributed by atoms with E-state index in [1.807, 2.05) is 18.2 Å². The Kier molecular flexibility index (Phi) is 7.30. The zero-order chi connectivity index (χ0) is 21.5. The second-order valence-electron chi connectivity index (χ2n) is 8.35. The topological polar surface area (TPSA) is 89.4 Å². The number of benzene rings is 1. The van der Waals surface area contributed by atoms with Crippen molar-refractivity contribution < 1.29 is 14.3 Å². The van der Waals surface area contributed by atoms with Crippen molar-refractivity contribution in [1.29, 1.82) is 0 Å². The summed E-state index contributed by atoms with van der Waals surface area (Å²) in [6, 6.07) is 10.1. The molecule has 1 saturated carbocycles. The van der Waals surface area contributed by atoms with Gasteiger partial charge in [0.1, 0.15) is 0 Å². The molecule has 1 atom stereocenters. The van der Waals surface area contributed by atoms with Crippen LogP contribution in [0.2, 0.25) is 0 Å². The SMILES string of the molecule is O=C(NCCCn1cc(C(=O)N2CCOCC2)nn1)C(c1ccccc1)C1CCCC1. The lowest BCUT2D eigenvalue weighted by Gasteiger charge is -2.25. The van der Waals surface area contributed by atoms with Crippen LogP contribution in [0, 0.1) is 5.92 Å². The van der Waals surface area contributed by atoms with Crippen LogP contribution in [0.5, 0.6) is 0 Å². The number of aromatic nitrogens is 3. The number of rotatable bonds is 8. The summed E-state index contributed by atoms with van der Waals surface area (Å²) in [6.07, 6.45) is 7.06. The Hall–Kier alpha value is -2.74. The summed E-state index contributed by atoms with van der Waals surface area (Å²) < 4.78 is 6.96. The first-order valence-corrected chi connectivity index (χ1v) is 11.3. The summed E-state index contributed by atoms with van der Waals surface area (Å²) in [7, 11) is 0. The standard InChI is InChI=1S/C23H31N5O3/c29-22(21(19-9-4-5-10-19)18-7-2-1-3-8-18)24-11-6-12-28-17-20(25-26-28)23(30)27-13-15-31-16-14-27/h1-3,7-8,17,19,21H,4-6,9-16H2,(H,24,29). The van der Waals surface area contributed by atoms with Crippen LogP contribution in [0.1, 0.15) is 54.1 Å². The second-order valence-corrected chi connectivity index (χ2v) is 8.35. The molecule has 2 amide bonds. The number of ether oxygens (including phenoxy) is 1. The highest BCUT2D eigenvalue weighted by Gasteiger charge is 2.31. The highest BCUT2D eigenvalue weighted by Crippen LogP contribution is 2.37. The average Bonchev–Trinajstić information content (AvgIpc) is 3.50. The molecular formula is C23H31N5O3. The highest BCUT2D eigenvalue weighted by molar-refractivity contribution is 5.92. The van der Waals surface area contributed by atoms with Gasteiger partial charge in [0.25, 0.3) is 5.91 Å². The molecule has 1 aliphatic carbocycles. The minimum absolute atomic E-state index is 0.0761. The number of aryl methyl sites for hydroxylation is 1. The lowest BCUT2D eigenvalue weighted by Crippen LogP contribution is -2.40. The van der Waals surface area contributed by atoms with Gasteiger partial charge in [0.15, 0.2) is 5.69 Å². The van der Waals surface area contributed by atoms with Crippen molar-refractivity contribution in [2.45, 2.75) is 44.6 Å². The van der Waals surface area contributed by atoms with Crippen LogP contribution in [-0.4, -0.2) is 64.6 Å². The van der Waals surface area contributed by atoms with Crippen molar-refractivity contribution in [3.8, 4) is 0 Å². The van der Waals surface area contributed by atoms with Crippen LogP contribution in [-0.2, 0) is 16.1 Å². The van der Waals surface area contributed by atoms with Gasteiger partial charge in [-0.15, -0.1) is 5.10 Å². The summed E-state index contributed by atoms with van der Waals surface area (Å²) in [6.45, 7) is 3.46. The average molecular weight is 426 g/mol. The summed E-state index contributed by atoms with van der Waals surface area (Å²) in [5.74, 6) is 0.351. The van der Waals surface area contributed by atoms with Gasteiger partial charge in [-0.25, -0.2) is 0 Å². The van der Waals surface area contributed by atoms with Crippen molar-refractivity contribution in [3.05, 3.63) is 47.8 Å². The minimum Gasteiger partial charge on any atom is -0.378 e. The highest BCUT2D eigenvalue weighted by atomic mass is 16.5. The number of nitrogens with one attached hydrogen (secondary N) is 1. The molecule has 2 fully saturated rings. The number of nitrogens with zero attached hydrogens (tertiary/aromatic N) is 4. The fourth-order valence-corrected chi connectivity index (χ4v) is 4.59. The Bertz CT molecular complexity index is 857. The first-order chi connectivity index (χ1) is 15.2. The third-order valence-corrected chi connectivity index (χ3v) is 6.23. The number of carbonyl (C=O) groups is 2. The van der Waals surface area contributed by atoms with Gasteiger partial charge in [-0.3, -0.25) is 14.3 Å². The number of hydrogen-bond acceptors (Lipinski definition) is 5. The van der Waals surface area contributed by atoms with Crippen molar-refractivity contribution in [2.75, 3.05) is 32.8 Å². The van der Waals surface area contributed by atoms with Crippen LogP contribution in [0.15, 0.2) is 36.5 Å². The number of morpholine rings is 1. The molecule has 1 N–H and O–H groups in total. The number of hydrogen-bond donors (Lipinski definition) is 1. The van der Waals surface area contributed by atoms with E-state index < -0.39 is 0 Å². The summed E-state index contributed by atoms with van der Waals surface area (Å²) in [5, 5.41) is 11.2. The molecule has 0 bridgehead atoms. The van der Waals surface area contributed by atoms with E-state index in [9.17, 15) is 9.59 Å². The third-order valence-electron chi connectivity index (χ3n) is 6.23. The van der Waals surface area contributed by atoms with Crippen LogP contribution in [0.4, 0.5) is 0 Å². The lowest BCUT2D eigenvalue weighted by molar-refractivity contribution is -0.123. The number of carbonyl (C=O) groups excluding carboxylic acids is 2. The van der Waals surface area contributed by atoms with Gasteiger partial charge in [0.05, 0.1) is 25.3 Å². The van der Waals surface area contributed by atoms with Crippen LogP contribution < -0.4 is 5.32 Å². The zero-order valence-electron chi connectivity index (χ0n) is 17.9. The van der Waals surface area contributed by atoms with Crippen molar-refractivity contribution in [1.82, 2.24) is 25.2 Å². The van der Waals surface area contributed by atoms with Crippen molar-refractivity contribution in [2.24, 2.45) is 5.92 Å². The Morgan fingerprint density at radius 2 is 1.87 bits per heavy atom. The largest absolute Gasteiger partial charge is 0.378 e. The molecule has 2 heterocycles. The van der Waals surface area contributed by atoms with Crippen molar-refractivity contribution >= 4 is 11.8 Å². The molecule has 1 saturated heterocycles. The van der Waals surface area contributed by atoms with E-state index in [4.69, 9.17) is 4.74 Å². The van der Waals surface area contributed by atoms with Crippen LogP contribution in [0.3, 0.4) is 0 Å². The van der Waals surface area contributed by atoms with E-state index in [-0.39, 0.29) is 17.7 Å². The minimum atomic E-state index is -0.106. The van der Waals surface area contributed by atoms with E-state index in [1.165, 1.54) is 12.8 Å². The molecule has 0 radical (unpaired) electrons. The van der Waals surface area contributed by atoms with Gasteiger partial charge < -0.3 is 15.0 Å². The Labute approximate surface area is 182 Å². The molecule has 8 nitrogen and oxygen atoms in total. The quantitative estimate of drug-likeness (QED) is 0.655. The van der Waals surface area contributed by atoms with Crippen molar-refractivity contribution in [3.63, 3.8) is 0 Å². The van der Waals surface area contributed by atoms with Gasteiger partial charge in [-0.05, 0) is 30.7 Å². The molecule has 2 aliphatic rings. The molecule has 166 valence electrons. The van der Waals surface area contributed by atoms with Gasteiger partial charge >= 0.3 is 0 Å². The van der Waals surface area contributed by atoms with Gasteiger partial charge in [0.2, 0.25) is 5.91 Å². The maximum absolute atomic E-state index is 13.0. The molecule has 1 aliphatic heterocycles. The van der Waals surface area contributed by atoms with E-state index in [1.54, 1.807) is 15.8 Å². The summed E-state index contributed by atoms with van der Waals surface area (Å²) in [5.41, 5.74) is 1.46. The molecular weight excluding hydrogens is 394 g/mol. The molecule has 0 spiro atoms. The molecule has 1 aromatic carbocycles. The first-order valence-electron chi connectivity index (χ1n) is 11.3. The monoisotopic (exact) mass is 425 g/mol. The Balaban J connectivity index is 1.26. The van der Waals surface area contributed by atoms with Gasteiger partial charge in [-0.2, -0.15) is 0 Å². The van der Waals surface area contributed by atoms with Gasteiger partial charge in [-0.1, -0.05) is 48.4 Å². The normalized spacial score (nSPS) is 18.1. The Morgan fingerprint density at radius 1 is 1.13 bits per heavy atom. The second kappa shape index (κ2) is 10.5. The van der Waals surface area contributed by atoms with E-state index >= 15 is 0 Å². The van der Waals surface area contributed by atoms with Crippen LogP contribution in [0.25, 0.3) is 0 Å². The molecule has 1 unspecified atom stereocenters. The number of amides is 2. The predicted molar refractivity (Wildman–Crippen MR) is 116 cm³/mol. The summed E-state index contributed by atoms with van der Waals surface area (Å²) >= 11 is 0. The van der Waals surface area contributed by atoms with E-state index in [2.05, 4.69) is 27.8 Å². The van der Waals surface area contributed by atoms with E-state index in [0.29, 0.717) is 51.0 Å². The molecule has 8 heteroatoms. The predicted octanol–water partition coefficient (Wildman–Crippen LogP) is 2.23. The van der Waals surface area contributed by atoms with Gasteiger partial charge in [0, 0.05) is 26.2 Å². The fraction of sp³-hybridized carbons (Fsp3) is 0.565. The molecule has 31 heavy (non-hydrogen) atoms. The maximum atomic E-state index is 13.0. The third kappa shape index (κ3) is 5.50. The molecule has 2 aromatic rings. The van der Waals surface area contributed by atoms with Crippen LogP contribution >= 0.6 is 0 Å². The zero-order valence-corrected chi connectivity index (χ0v) is 17.9. The molecule has 1 aromatic heterocycles. The maximum Gasteiger partial charge on any atom is 0.276 e. The fourth-order valence-electron chi connectivity index (χ4n) is 4.59. The first kappa shape index (κ1) is 21.5.